The molecular formula is C27H34ClN7O2. The van der Waals surface area contributed by atoms with Crippen molar-refractivity contribution in [1.82, 2.24) is 20.2 Å². The van der Waals surface area contributed by atoms with Crippen LogP contribution in [0, 0.1) is 0 Å². The summed E-state index contributed by atoms with van der Waals surface area (Å²) in [5.41, 5.74) is 3.09. The molecule has 9 nitrogen and oxygen atoms in total. The third kappa shape index (κ3) is 6.23. The van der Waals surface area contributed by atoms with Crippen LogP contribution in [0.1, 0.15) is 31.1 Å². The van der Waals surface area contributed by atoms with E-state index >= 15 is 0 Å². The maximum atomic E-state index is 12.2. The molecule has 1 aliphatic rings. The first-order valence-electron chi connectivity index (χ1n) is 12.3. The normalized spacial score (nSPS) is 14.3. The number of hydrogen-bond acceptors (Lipinski definition) is 8. The lowest BCUT2D eigenvalue weighted by Gasteiger charge is -2.43. The average Bonchev–Trinajstić information content (AvgIpc) is 2.90. The van der Waals surface area contributed by atoms with E-state index in [0.717, 1.165) is 37.6 Å². The van der Waals surface area contributed by atoms with Crippen molar-refractivity contribution in [1.29, 1.82) is 0 Å². The van der Waals surface area contributed by atoms with Crippen LogP contribution in [-0.2, 0) is 0 Å². The van der Waals surface area contributed by atoms with Crippen molar-refractivity contribution in [3.8, 4) is 5.75 Å². The number of anilines is 5. The molecule has 2 heterocycles. The molecule has 0 radical (unpaired) electrons. The number of halogens is 1. The molecule has 1 saturated heterocycles. The Labute approximate surface area is 223 Å². The SMILES string of the molecule is CNC(=O)c1ccccc1Nc1nc(Nc2ccc(N3CCN(C(C)(C)C)CC3)cc2OC)ncc1Cl. The molecule has 2 aromatic carbocycles. The van der Waals surface area contributed by atoms with E-state index < -0.39 is 0 Å². The van der Waals surface area contributed by atoms with Gasteiger partial charge in [0.1, 0.15) is 10.8 Å². The van der Waals surface area contributed by atoms with Gasteiger partial charge in [-0.15, -0.1) is 0 Å². The van der Waals surface area contributed by atoms with E-state index in [1.165, 1.54) is 6.20 Å². The monoisotopic (exact) mass is 523 g/mol. The predicted molar refractivity (Wildman–Crippen MR) is 150 cm³/mol. The van der Waals surface area contributed by atoms with Gasteiger partial charge < -0.3 is 25.6 Å². The molecule has 196 valence electrons. The smallest absolute Gasteiger partial charge is 0.253 e. The Hall–Kier alpha value is -3.56. The number of hydrogen-bond donors (Lipinski definition) is 3. The third-order valence-corrected chi connectivity index (χ3v) is 6.70. The van der Waals surface area contributed by atoms with Gasteiger partial charge in [-0.25, -0.2) is 4.98 Å². The van der Waals surface area contributed by atoms with Gasteiger partial charge in [0.05, 0.1) is 30.2 Å². The first kappa shape index (κ1) is 26.5. The molecule has 4 rings (SSSR count). The summed E-state index contributed by atoms with van der Waals surface area (Å²) in [7, 11) is 3.23. The molecule has 1 aliphatic heterocycles. The lowest BCUT2D eigenvalue weighted by molar-refractivity contribution is 0.0964. The summed E-state index contributed by atoms with van der Waals surface area (Å²) in [6.45, 7) is 10.7. The number of carbonyl (C=O) groups is 1. The number of benzene rings is 2. The van der Waals surface area contributed by atoms with Gasteiger partial charge in [0.15, 0.2) is 5.82 Å². The van der Waals surface area contributed by atoms with Crippen molar-refractivity contribution < 1.29 is 9.53 Å². The van der Waals surface area contributed by atoms with Crippen LogP contribution in [0.3, 0.4) is 0 Å². The largest absolute Gasteiger partial charge is 0.494 e. The van der Waals surface area contributed by atoms with E-state index in [2.05, 4.69) is 62.6 Å². The number of carbonyl (C=O) groups excluding carboxylic acids is 1. The molecule has 0 saturated carbocycles. The minimum absolute atomic E-state index is 0.175. The molecule has 1 aromatic heterocycles. The average molecular weight is 524 g/mol. The Bertz CT molecular complexity index is 1250. The van der Waals surface area contributed by atoms with Gasteiger partial charge in [0.25, 0.3) is 5.91 Å². The van der Waals surface area contributed by atoms with Crippen molar-refractivity contribution >= 4 is 46.3 Å². The van der Waals surface area contributed by atoms with E-state index in [-0.39, 0.29) is 11.4 Å². The summed E-state index contributed by atoms with van der Waals surface area (Å²) < 4.78 is 5.69. The lowest BCUT2D eigenvalue weighted by Crippen LogP contribution is -2.53. The molecule has 0 aliphatic carbocycles. The molecule has 0 spiro atoms. The minimum atomic E-state index is -0.212. The molecule has 3 aromatic rings. The number of nitrogens with one attached hydrogen (secondary N) is 3. The summed E-state index contributed by atoms with van der Waals surface area (Å²) in [6, 6.07) is 13.2. The highest BCUT2D eigenvalue weighted by Crippen LogP contribution is 2.33. The first-order valence-corrected chi connectivity index (χ1v) is 12.6. The minimum Gasteiger partial charge on any atom is -0.494 e. The Kier molecular flexibility index (Phi) is 8.04. The number of aromatic nitrogens is 2. The lowest BCUT2D eigenvalue weighted by atomic mass is 10.0. The van der Waals surface area contributed by atoms with Crippen LogP contribution in [0.25, 0.3) is 0 Å². The van der Waals surface area contributed by atoms with Crippen molar-refractivity contribution in [2.75, 3.05) is 55.9 Å². The second-order valence-electron chi connectivity index (χ2n) is 9.79. The van der Waals surface area contributed by atoms with Gasteiger partial charge in [0, 0.05) is 50.5 Å². The van der Waals surface area contributed by atoms with Crippen LogP contribution in [0.15, 0.2) is 48.7 Å². The summed E-state index contributed by atoms with van der Waals surface area (Å²) in [5.74, 6) is 1.20. The number of rotatable bonds is 7. The summed E-state index contributed by atoms with van der Waals surface area (Å²) in [6.07, 6.45) is 1.51. The van der Waals surface area contributed by atoms with E-state index in [1.54, 1.807) is 32.4 Å². The fourth-order valence-corrected chi connectivity index (χ4v) is 4.44. The Morgan fingerprint density at radius 3 is 2.43 bits per heavy atom. The molecule has 10 heteroatoms. The topological polar surface area (TPSA) is 94.6 Å². The van der Waals surface area contributed by atoms with E-state index in [0.29, 0.717) is 33.8 Å². The molecule has 0 atom stereocenters. The maximum absolute atomic E-state index is 12.2. The number of piperazine rings is 1. The molecule has 1 amide bonds. The number of amides is 1. The van der Waals surface area contributed by atoms with Crippen LogP contribution >= 0.6 is 11.6 Å². The van der Waals surface area contributed by atoms with Gasteiger partial charge in [-0.05, 0) is 45.0 Å². The van der Waals surface area contributed by atoms with Crippen LogP contribution < -0.4 is 25.6 Å². The highest BCUT2D eigenvalue weighted by atomic mass is 35.5. The van der Waals surface area contributed by atoms with E-state index in [9.17, 15) is 4.79 Å². The van der Waals surface area contributed by atoms with Gasteiger partial charge in [0.2, 0.25) is 5.95 Å². The molecule has 0 bridgehead atoms. The number of nitrogens with zero attached hydrogens (tertiary/aromatic N) is 4. The van der Waals surface area contributed by atoms with Crippen LogP contribution in [0.2, 0.25) is 5.02 Å². The zero-order chi connectivity index (χ0) is 26.6. The van der Waals surface area contributed by atoms with Crippen molar-refractivity contribution in [2.24, 2.45) is 0 Å². The van der Waals surface area contributed by atoms with E-state index in [1.807, 2.05) is 18.2 Å². The van der Waals surface area contributed by atoms with Gasteiger partial charge in [-0.3, -0.25) is 9.69 Å². The fourth-order valence-electron chi connectivity index (χ4n) is 4.30. The first-order chi connectivity index (χ1) is 17.7. The van der Waals surface area contributed by atoms with Crippen molar-refractivity contribution in [3.63, 3.8) is 0 Å². The standard InChI is InChI=1S/C27H34ClN7O2/c1-27(2,3)35-14-12-34(13-15-35)18-10-11-22(23(16-18)37-5)32-26-30-17-20(28)24(33-26)31-21-9-7-6-8-19(21)25(36)29-4/h6-11,16-17H,12-15H2,1-5H3,(H,29,36)(H2,30,31,32,33). The molecular weight excluding hydrogens is 490 g/mol. The Balaban J connectivity index is 1.51. The van der Waals surface area contributed by atoms with Crippen molar-refractivity contribution in [3.05, 3.63) is 59.2 Å². The Morgan fingerprint density at radius 1 is 1.03 bits per heavy atom. The quantitative estimate of drug-likeness (QED) is 0.402. The molecule has 37 heavy (non-hydrogen) atoms. The van der Waals surface area contributed by atoms with Crippen molar-refractivity contribution in [2.45, 2.75) is 26.3 Å². The number of para-hydroxylation sites is 1. The summed E-state index contributed by atoms with van der Waals surface area (Å²) in [4.78, 5) is 26.0. The summed E-state index contributed by atoms with van der Waals surface area (Å²) in [5, 5.41) is 9.35. The van der Waals surface area contributed by atoms with Crippen LogP contribution in [0.4, 0.5) is 28.8 Å². The van der Waals surface area contributed by atoms with Crippen LogP contribution in [0.5, 0.6) is 5.75 Å². The second-order valence-corrected chi connectivity index (χ2v) is 10.2. The highest BCUT2D eigenvalue weighted by molar-refractivity contribution is 6.33. The molecule has 0 unspecified atom stereocenters. The highest BCUT2D eigenvalue weighted by Gasteiger charge is 2.26. The maximum Gasteiger partial charge on any atom is 0.253 e. The van der Waals surface area contributed by atoms with Gasteiger partial charge >= 0.3 is 0 Å². The summed E-state index contributed by atoms with van der Waals surface area (Å²) >= 11 is 6.37. The predicted octanol–water partition coefficient (Wildman–Crippen LogP) is 4.91. The Morgan fingerprint density at radius 2 is 1.76 bits per heavy atom. The molecule has 1 fully saturated rings. The second kappa shape index (κ2) is 11.2. The zero-order valence-electron chi connectivity index (χ0n) is 21.9. The fraction of sp³-hybridized carbons (Fsp3) is 0.370. The zero-order valence-corrected chi connectivity index (χ0v) is 22.7. The third-order valence-electron chi connectivity index (χ3n) is 6.42. The number of methoxy groups -OCH3 is 1. The van der Waals surface area contributed by atoms with Crippen LogP contribution in [-0.4, -0.2) is 66.7 Å². The van der Waals surface area contributed by atoms with E-state index in [4.69, 9.17) is 16.3 Å². The van der Waals surface area contributed by atoms with Gasteiger partial charge in [-0.2, -0.15) is 4.98 Å². The van der Waals surface area contributed by atoms with Gasteiger partial charge in [-0.1, -0.05) is 23.7 Å². The molecule has 3 N–H and O–H groups in total. The number of ether oxygens (including phenoxy) is 1.